The Morgan fingerprint density at radius 2 is 1.69 bits per heavy atom. The van der Waals surface area contributed by atoms with Gasteiger partial charge in [0.2, 0.25) is 5.88 Å². The van der Waals surface area contributed by atoms with E-state index in [-0.39, 0.29) is 29.6 Å². The minimum atomic E-state index is -0.515. The molecule has 1 aromatic heterocycles. The molecule has 2 aromatic carbocycles. The zero-order valence-electron chi connectivity index (χ0n) is 23.5. The summed E-state index contributed by atoms with van der Waals surface area (Å²) < 4.78 is 21.4. The monoisotopic (exact) mass is 595 g/mol. The lowest BCUT2D eigenvalue weighted by Crippen LogP contribution is -2.43. The number of ether oxygens (including phenoxy) is 1. The maximum atomic E-state index is 15.1. The normalized spacial score (nSPS) is 21.2. The van der Waals surface area contributed by atoms with Crippen LogP contribution in [0.15, 0.2) is 42.6 Å². The fourth-order valence-corrected chi connectivity index (χ4v) is 6.22. The molecule has 42 heavy (non-hydrogen) atoms. The number of phenolic OH excluding ortho intramolecular Hbond substituents is 1. The number of likely N-dealkylation sites (N-methyl/N-ethyl adjacent to an activating group) is 1. The third-order valence-electron chi connectivity index (χ3n) is 8.36. The summed E-state index contributed by atoms with van der Waals surface area (Å²) >= 11 is 6.60. The molecule has 3 fully saturated rings. The first-order valence-electron chi connectivity index (χ1n) is 14.4. The van der Waals surface area contributed by atoms with Crippen LogP contribution in [0.5, 0.6) is 11.6 Å². The van der Waals surface area contributed by atoms with Gasteiger partial charge in [0.15, 0.2) is 0 Å². The van der Waals surface area contributed by atoms with Crippen LogP contribution in [-0.4, -0.2) is 84.7 Å². The molecule has 1 aliphatic carbocycles. The van der Waals surface area contributed by atoms with Gasteiger partial charge in [0.1, 0.15) is 23.4 Å². The number of phenols is 1. The molecule has 2 aliphatic heterocycles. The Morgan fingerprint density at radius 1 is 0.976 bits per heavy atom. The lowest BCUT2D eigenvalue weighted by atomic mass is 9.95. The van der Waals surface area contributed by atoms with E-state index in [9.17, 15) is 15.0 Å². The second-order valence-electron chi connectivity index (χ2n) is 11.2. The van der Waals surface area contributed by atoms with Crippen molar-refractivity contribution in [3.8, 4) is 33.9 Å². The van der Waals surface area contributed by atoms with E-state index in [1.165, 1.54) is 12.1 Å². The van der Waals surface area contributed by atoms with E-state index >= 15 is 4.39 Å². The molecule has 0 radical (unpaired) electrons. The maximum Gasteiger partial charge on any atom is 0.324 e. The maximum absolute atomic E-state index is 15.1. The summed E-state index contributed by atoms with van der Waals surface area (Å²) in [5, 5.41) is 25.0. The van der Waals surface area contributed by atoms with Crippen LogP contribution < -0.4 is 19.9 Å². The summed E-state index contributed by atoms with van der Waals surface area (Å²) in [5.74, 6) is -0.109. The number of benzene rings is 2. The van der Waals surface area contributed by atoms with Crippen molar-refractivity contribution in [3.63, 3.8) is 0 Å². The van der Waals surface area contributed by atoms with Gasteiger partial charge in [0.05, 0.1) is 16.8 Å². The van der Waals surface area contributed by atoms with Crippen molar-refractivity contribution < 1.29 is 24.1 Å². The summed E-state index contributed by atoms with van der Waals surface area (Å²) in [6, 6.07) is 9.43. The first-order chi connectivity index (χ1) is 20.3. The van der Waals surface area contributed by atoms with Crippen LogP contribution in [-0.2, 0) is 0 Å². The Labute approximate surface area is 249 Å². The zero-order chi connectivity index (χ0) is 29.4. The molecule has 6 rings (SSSR count). The van der Waals surface area contributed by atoms with E-state index in [2.05, 4.69) is 15.2 Å². The quantitative estimate of drug-likeness (QED) is 0.373. The lowest BCUT2D eigenvalue weighted by molar-refractivity contribution is 0.0646. The molecule has 3 aromatic rings. The molecule has 11 heteroatoms. The number of hydrogen-bond acceptors (Lipinski definition) is 7. The Kier molecular flexibility index (Phi) is 8.11. The molecule has 0 bridgehead atoms. The number of rotatable bonds is 6. The lowest BCUT2D eigenvalue weighted by Gasteiger charge is -2.32. The average molecular weight is 596 g/mol. The number of aliphatic hydroxyl groups is 1. The fraction of sp³-hybridized carbons (Fsp3) is 0.419. The van der Waals surface area contributed by atoms with Gasteiger partial charge in [-0.1, -0.05) is 17.7 Å². The summed E-state index contributed by atoms with van der Waals surface area (Å²) in [7, 11) is 1.74. The average Bonchev–Trinajstić information content (AvgIpc) is 3.33. The van der Waals surface area contributed by atoms with Gasteiger partial charge in [-0.25, -0.2) is 14.2 Å². The number of aliphatic hydroxyl groups excluding tert-OH is 1. The molecule has 0 atom stereocenters. The second-order valence-corrected chi connectivity index (χ2v) is 11.6. The smallest absolute Gasteiger partial charge is 0.324 e. The number of carbonyl (C=O) groups excluding carboxylic acids is 1. The van der Waals surface area contributed by atoms with Gasteiger partial charge in [0, 0.05) is 69.2 Å². The SMILES string of the molecule is CN1CCN(c2ccc(-c3cc(F)cc(-c4cnc(OC5CCC(O)CC5)c(N5CCNCC5)c4)c3O)cc2Cl)C1=O. The van der Waals surface area contributed by atoms with E-state index in [0.29, 0.717) is 59.2 Å². The molecule has 0 spiro atoms. The molecule has 9 nitrogen and oxygen atoms in total. The fourth-order valence-electron chi connectivity index (χ4n) is 5.94. The molecule has 222 valence electrons. The number of aromatic hydroxyl groups is 1. The molecule has 2 amide bonds. The number of urea groups is 1. The number of halogens is 2. The third-order valence-corrected chi connectivity index (χ3v) is 8.67. The summed E-state index contributed by atoms with van der Waals surface area (Å²) in [4.78, 5) is 22.5. The largest absolute Gasteiger partial charge is 0.507 e. The standard InChI is InChI=1S/C31H35ClFN5O4/c1-36-12-13-38(31(36)41)27-7-2-19(14-26(27)32)24-16-21(33)17-25(29(24)40)20-15-28(37-10-8-34-9-11-37)30(35-18-20)42-23-5-3-22(39)4-6-23/h2,7,14-18,22-23,34,39-40H,3-6,8-13H2,1H3. The second kappa shape index (κ2) is 11.9. The van der Waals surface area contributed by atoms with Crippen molar-refractivity contribution in [1.29, 1.82) is 0 Å². The number of piperazine rings is 1. The zero-order valence-corrected chi connectivity index (χ0v) is 24.3. The molecule has 3 aliphatic rings. The number of carbonyl (C=O) groups is 1. The molecule has 3 heterocycles. The number of anilines is 2. The van der Waals surface area contributed by atoms with Gasteiger partial charge in [-0.15, -0.1) is 0 Å². The highest BCUT2D eigenvalue weighted by molar-refractivity contribution is 6.34. The van der Waals surface area contributed by atoms with Crippen LogP contribution in [0.2, 0.25) is 5.02 Å². The van der Waals surface area contributed by atoms with Crippen molar-refractivity contribution in [3.05, 3.63) is 53.4 Å². The summed E-state index contributed by atoms with van der Waals surface area (Å²) in [6.07, 6.45) is 4.18. The predicted molar refractivity (Wildman–Crippen MR) is 161 cm³/mol. The Hall–Kier alpha value is -3.60. The topological polar surface area (TPSA) is 101 Å². The first kappa shape index (κ1) is 28.5. The van der Waals surface area contributed by atoms with Crippen molar-refractivity contribution in [2.75, 3.05) is 56.1 Å². The molecule has 0 unspecified atom stereocenters. The molecule has 2 saturated heterocycles. The van der Waals surface area contributed by atoms with Gasteiger partial charge in [-0.2, -0.15) is 0 Å². The van der Waals surface area contributed by atoms with Crippen LogP contribution in [0.1, 0.15) is 25.7 Å². The van der Waals surface area contributed by atoms with Crippen LogP contribution in [0.3, 0.4) is 0 Å². The van der Waals surface area contributed by atoms with E-state index in [4.69, 9.17) is 16.3 Å². The summed E-state index contributed by atoms with van der Waals surface area (Å²) in [5.41, 5.74) is 3.03. The molecular formula is C31H35ClFN5O4. The van der Waals surface area contributed by atoms with Crippen LogP contribution in [0.25, 0.3) is 22.3 Å². The number of aromatic nitrogens is 1. The van der Waals surface area contributed by atoms with E-state index in [1.807, 2.05) is 6.07 Å². The van der Waals surface area contributed by atoms with Crippen molar-refractivity contribution in [2.45, 2.75) is 37.9 Å². The highest BCUT2D eigenvalue weighted by Crippen LogP contribution is 2.43. The van der Waals surface area contributed by atoms with E-state index in [1.54, 1.807) is 41.2 Å². The number of hydrogen-bond donors (Lipinski definition) is 3. The third kappa shape index (κ3) is 5.71. The highest BCUT2D eigenvalue weighted by Gasteiger charge is 2.29. The van der Waals surface area contributed by atoms with Crippen LogP contribution >= 0.6 is 11.6 Å². The van der Waals surface area contributed by atoms with E-state index in [0.717, 1.165) is 44.7 Å². The molecule has 3 N–H and O–H groups in total. The van der Waals surface area contributed by atoms with Crippen molar-refractivity contribution in [1.82, 2.24) is 15.2 Å². The first-order valence-corrected chi connectivity index (χ1v) is 14.8. The summed E-state index contributed by atoms with van der Waals surface area (Å²) in [6.45, 7) is 4.25. The van der Waals surface area contributed by atoms with Gasteiger partial charge in [-0.3, -0.25) is 4.90 Å². The number of pyridine rings is 1. The van der Waals surface area contributed by atoms with Gasteiger partial charge < -0.3 is 30.1 Å². The minimum Gasteiger partial charge on any atom is -0.507 e. The van der Waals surface area contributed by atoms with Gasteiger partial charge >= 0.3 is 6.03 Å². The van der Waals surface area contributed by atoms with Crippen LogP contribution in [0, 0.1) is 5.82 Å². The van der Waals surface area contributed by atoms with E-state index < -0.39 is 5.82 Å². The Bertz CT molecular complexity index is 1480. The highest BCUT2D eigenvalue weighted by atomic mass is 35.5. The Balaban J connectivity index is 1.34. The van der Waals surface area contributed by atoms with Gasteiger partial charge in [0.25, 0.3) is 0 Å². The minimum absolute atomic E-state index is 0.0356. The number of nitrogens with zero attached hydrogens (tertiary/aromatic N) is 4. The molecular weight excluding hydrogens is 561 g/mol. The number of nitrogens with one attached hydrogen (secondary N) is 1. The van der Waals surface area contributed by atoms with Gasteiger partial charge in [-0.05, 0) is 61.6 Å². The van der Waals surface area contributed by atoms with Crippen molar-refractivity contribution in [2.24, 2.45) is 0 Å². The Morgan fingerprint density at radius 3 is 2.36 bits per heavy atom. The number of amides is 2. The molecule has 1 saturated carbocycles. The predicted octanol–water partition coefficient (Wildman–Crippen LogP) is 4.88. The van der Waals surface area contributed by atoms with Crippen molar-refractivity contribution >= 4 is 29.0 Å². The van der Waals surface area contributed by atoms with Crippen LogP contribution in [0.4, 0.5) is 20.6 Å².